The molecule has 6 aromatic rings. The van der Waals surface area contributed by atoms with Crippen LogP contribution in [0.2, 0.25) is 0 Å². The zero-order chi connectivity index (χ0) is 41.8. The first-order chi connectivity index (χ1) is 29.2. The van der Waals surface area contributed by atoms with E-state index in [-0.39, 0.29) is 56.7 Å². The van der Waals surface area contributed by atoms with Gasteiger partial charge in [-0.15, -0.1) is 6.58 Å². The van der Waals surface area contributed by atoms with E-state index < -0.39 is 24.3 Å². The molecule has 15 heteroatoms. The van der Waals surface area contributed by atoms with Crippen molar-refractivity contribution < 1.29 is 24.3 Å². The van der Waals surface area contributed by atoms with Crippen LogP contribution in [0.15, 0.2) is 135 Å². The third kappa shape index (κ3) is 8.24. The molecule has 0 aliphatic carbocycles. The number of hydrazine groups is 1. The highest BCUT2D eigenvalue weighted by molar-refractivity contribution is 6.01. The minimum atomic E-state index is -0.922. The molecular formula is C45H44N10O5. The van der Waals surface area contributed by atoms with Gasteiger partial charge in [0.2, 0.25) is 11.8 Å². The molecule has 4 aromatic carbocycles. The Morgan fingerprint density at radius 1 is 0.917 bits per heavy atom. The summed E-state index contributed by atoms with van der Waals surface area (Å²) in [7, 11) is 1.96. The highest BCUT2D eigenvalue weighted by atomic mass is 16.3. The van der Waals surface area contributed by atoms with Crippen LogP contribution in [-0.4, -0.2) is 95.2 Å². The van der Waals surface area contributed by atoms with Gasteiger partial charge in [-0.3, -0.25) is 14.9 Å². The van der Waals surface area contributed by atoms with E-state index in [2.05, 4.69) is 32.5 Å². The number of amides is 6. The normalized spacial score (nSPS) is 16.7. The summed E-state index contributed by atoms with van der Waals surface area (Å²) in [6.45, 7) is 4.57. The van der Waals surface area contributed by atoms with Gasteiger partial charge >= 0.3 is 12.1 Å². The minimum absolute atomic E-state index is 0.0655. The number of carbonyl (C=O) groups excluding carboxylic acids is 4. The molecule has 0 spiro atoms. The standard InChI is InChI=1S/C45H44N10O5/c1-3-22-53-28-41(57)54-38(23-30-12-18-35(56)19-13-30)43(58)52(27-40(54)55(53)45(60)47-24-31-8-5-4-6-9-31)25-33-10-7-11-36-37(26-51(2)42(33)36)32-14-16-34(17-15-32)49-44(59)50-39-20-21-46-29-48-39/h3-21,26,29,38,40,56H,1,22-25,27-28H2,2H3,(H,47,60)(H2,46,48,49,50,59)/t38-,40-/m0/s1. The van der Waals surface area contributed by atoms with Gasteiger partial charge in [0.1, 0.15) is 30.1 Å². The third-order valence-corrected chi connectivity index (χ3v) is 10.8. The highest BCUT2D eigenvalue weighted by Gasteiger charge is 2.51. The maximum absolute atomic E-state index is 14.7. The Balaban J connectivity index is 1.09. The fourth-order valence-corrected chi connectivity index (χ4v) is 8.05. The monoisotopic (exact) mass is 804 g/mol. The first-order valence-corrected chi connectivity index (χ1v) is 19.5. The zero-order valence-electron chi connectivity index (χ0n) is 32.9. The maximum atomic E-state index is 14.7. The molecule has 0 bridgehead atoms. The first kappa shape index (κ1) is 39.3. The van der Waals surface area contributed by atoms with Gasteiger partial charge in [0, 0.05) is 62.1 Å². The van der Waals surface area contributed by atoms with Crippen LogP contribution in [0.5, 0.6) is 5.75 Å². The summed E-state index contributed by atoms with van der Waals surface area (Å²) in [5, 5.41) is 22.8. The molecule has 0 saturated carbocycles. The molecule has 15 nitrogen and oxygen atoms in total. The number of hydrogen-bond donors (Lipinski definition) is 4. The van der Waals surface area contributed by atoms with Crippen molar-refractivity contribution in [3.8, 4) is 16.9 Å². The van der Waals surface area contributed by atoms with Gasteiger partial charge in [-0.05, 0) is 52.6 Å². The van der Waals surface area contributed by atoms with Crippen molar-refractivity contribution in [3.63, 3.8) is 0 Å². The Morgan fingerprint density at radius 3 is 2.43 bits per heavy atom. The first-order valence-electron chi connectivity index (χ1n) is 19.5. The lowest BCUT2D eigenvalue weighted by Gasteiger charge is -2.55. The van der Waals surface area contributed by atoms with Gasteiger partial charge in [-0.2, -0.15) is 0 Å². The lowest BCUT2D eigenvalue weighted by molar-refractivity contribution is -0.189. The Hall–Kier alpha value is -7.52. The van der Waals surface area contributed by atoms with E-state index in [0.717, 1.165) is 38.7 Å². The van der Waals surface area contributed by atoms with Gasteiger partial charge in [0.25, 0.3) is 0 Å². The van der Waals surface area contributed by atoms with Crippen LogP contribution in [0.25, 0.3) is 22.0 Å². The van der Waals surface area contributed by atoms with Gasteiger partial charge in [-0.25, -0.2) is 29.6 Å². The number of nitrogens with zero attached hydrogens (tertiary/aromatic N) is 7. The number of aromatic nitrogens is 3. The topological polar surface area (TPSA) is 168 Å². The second-order valence-corrected chi connectivity index (χ2v) is 14.7. The predicted octanol–water partition coefficient (Wildman–Crippen LogP) is 5.72. The van der Waals surface area contributed by atoms with Gasteiger partial charge < -0.3 is 30.1 Å². The number of phenols is 1. The summed E-state index contributed by atoms with van der Waals surface area (Å²) in [5.74, 6) is -0.0423. The molecule has 2 aliphatic heterocycles. The number of fused-ring (bicyclic) bond motifs is 2. The molecule has 6 amide bonds. The smallest absolute Gasteiger partial charge is 0.334 e. The molecule has 0 unspecified atom stereocenters. The van der Waals surface area contributed by atoms with E-state index in [1.165, 1.54) is 6.33 Å². The SMILES string of the molecule is C=CCN1CC(=O)N2[C@@H](Cc3ccc(O)cc3)C(=O)N(Cc3cccc4c(-c5ccc(NC(=O)Nc6ccncn6)cc5)cn(C)c34)C[C@@H]2N1C(=O)NCc1ccccc1. The van der Waals surface area contributed by atoms with Crippen molar-refractivity contribution in [2.75, 3.05) is 30.3 Å². The number of para-hydroxylation sites is 1. The number of hydrogen-bond acceptors (Lipinski definition) is 8. The maximum Gasteiger partial charge on any atom is 0.334 e. The van der Waals surface area contributed by atoms with Gasteiger partial charge in [0.15, 0.2) is 0 Å². The van der Waals surface area contributed by atoms with Crippen molar-refractivity contribution in [2.24, 2.45) is 7.05 Å². The van der Waals surface area contributed by atoms with Crippen LogP contribution < -0.4 is 16.0 Å². The Bertz CT molecular complexity index is 2530. The fraction of sp³-hybridized carbons (Fsp3) is 0.200. The molecule has 2 saturated heterocycles. The van der Waals surface area contributed by atoms with Crippen LogP contribution in [0.3, 0.4) is 0 Å². The van der Waals surface area contributed by atoms with Gasteiger partial charge in [-0.1, -0.05) is 78.9 Å². The van der Waals surface area contributed by atoms with E-state index in [1.54, 1.807) is 62.4 Å². The van der Waals surface area contributed by atoms with E-state index in [9.17, 15) is 24.3 Å². The van der Waals surface area contributed by atoms with Crippen molar-refractivity contribution in [3.05, 3.63) is 151 Å². The van der Waals surface area contributed by atoms with Crippen molar-refractivity contribution in [1.29, 1.82) is 0 Å². The summed E-state index contributed by atoms with van der Waals surface area (Å²) in [6.07, 6.45) is 5.95. The Kier molecular flexibility index (Phi) is 11.2. The molecule has 304 valence electrons. The molecule has 2 aliphatic rings. The number of aromatic hydroxyl groups is 1. The number of urea groups is 2. The molecule has 4 N–H and O–H groups in total. The number of benzene rings is 4. The molecule has 2 aromatic heterocycles. The van der Waals surface area contributed by atoms with Crippen molar-refractivity contribution in [2.45, 2.75) is 31.7 Å². The van der Waals surface area contributed by atoms with Crippen LogP contribution in [0.4, 0.5) is 21.1 Å². The fourth-order valence-electron chi connectivity index (χ4n) is 8.05. The molecule has 2 fully saturated rings. The van der Waals surface area contributed by atoms with Crippen LogP contribution >= 0.6 is 0 Å². The molecular weight excluding hydrogens is 761 g/mol. The second-order valence-electron chi connectivity index (χ2n) is 14.7. The second kappa shape index (κ2) is 17.1. The number of anilines is 2. The summed E-state index contributed by atoms with van der Waals surface area (Å²) in [6, 6.07) is 29.5. The van der Waals surface area contributed by atoms with E-state index in [0.29, 0.717) is 11.5 Å². The highest BCUT2D eigenvalue weighted by Crippen LogP contribution is 2.35. The van der Waals surface area contributed by atoms with Crippen LogP contribution in [-0.2, 0) is 36.1 Å². The average molecular weight is 805 g/mol. The van der Waals surface area contributed by atoms with E-state index in [4.69, 9.17) is 0 Å². The zero-order valence-corrected chi connectivity index (χ0v) is 32.9. The number of carbonyl (C=O) groups is 4. The summed E-state index contributed by atoms with van der Waals surface area (Å²) in [4.78, 5) is 66.8. The average Bonchev–Trinajstić information content (AvgIpc) is 3.60. The number of rotatable bonds is 11. The van der Waals surface area contributed by atoms with Crippen molar-refractivity contribution in [1.82, 2.24) is 39.7 Å². The molecule has 4 heterocycles. The molecule has 60 heavy (non-hydrogen) atoms. The summed E-state index contributed by atoms with van der Waals surface area (Å²) < 4.78 is 2.04. The third-order valence-electron chi connectivity index (χ3n) is 10.8. The quantitative estimate of drug-likeness (QED) is 0.121. The molecule has 2 atom stereocenters. The molecule has 8 rings (SSSR count). The minimum Gasteiger partial charge on any atom is -0.508 e. The van der Waals surface area contributed by atoms with Crippen LogP contribution in [0.1, 0.15) is 16.7 Å². The number of phenolic OH excluding ortho intramolecular Hbond substituents is 1. The van der Waals surface area contributed by atoms with E-state index in [1.807, 2.05) is 90.6 Å². The predicted molar refractivity (Wildman–Crippen MR) is 227 cm³/mol. The Labute approximate surface area is 346 Å². The summed E-state index contributed by atoms with van der Waals surface area (Å²) >= 11 is 0. The molecule has 0 radical (unpaired) electrons. The number of piperazine rings is 1. The number of nitrogens with one attached hydrogen (secondary N) is 3. The largest absolute Gasteiger partial charge is 0.508 e. The van der Waals surface area contributed by atoms with Crippen molar-refractivity contribution >= 4 is 46.3 Å². The lowest BCUT2D eigenvalue weighted by Crippen LogP contribution is -2.76. The van der Waals surface area contributed by atoms with Gasteiger partial charge in [0.05, 0.1) is 18.6 Å². The number of aryl methyl sites for hydroxylation is 1. The van der Waals surface area contributed by atoms with Crippen LogP contribution in [0, 0.1) is 0 Å². The summed E-state index contributed by atoms with van der Waals surface area (Å²) in [5.41, 5.74) is 5.98. The van der Waals surface area contributed by atoms with E-state index >= 15 is 0 Å². The lowest BCUT2D eigenvalue weighted by atomic mass is 9.97. The Morgan fingerprint density at radius 2 is 1.70 bits per heavy atom.